The van der Waals surface area contributed by atoms with Crippen molar-refractivity contribution in [2.24, 2.45) is 0 Å². The van der Waals surface area contributed by atoms with Gasteiger partial charge in [-0.1, -0.05) is 133 Å². The predicted octanol–water partition coefficient (Wildman–Crippen LogP) is 6.76. The molecule has 0 unspecified atom stereocenters. The lowest BCUT2D eigenvalue weighted by Crippen LogP contribution is -2.45. The number of hydrogen-bond donors (Lipinski definition) is 1. The number of benzene rings is 3. The Morgan fingerprint density at radius 3 is 1.09 bits per heavy atom. The third kappa shape index (κ3) is 3.56. The van der Waals surface area contributed by atoms with Crippen molar-refractivity contribution in [3.8, 4) is 0 Å². The standard InChI is InChI=1S/C27H34O3P2/c1-25(2,3)31(29,23-18-12-8-13-19-23)27(28,22-16-10-7-11-17-22)32(30,26(4,5)6)24-20-14-9-15-21-24/h7-21,28H,1-6H3/t31-,32-/m0/s1. The number of rotatable bonds is 5. The fraction of sp³-hybridized carbons (Fsp3) is 0.333. The van der Waals surface area contributed by atoms with E-state index in [9.17, 15) is 5.11 Å². The largest absolute Gasteiger partial charge is 0.371 e. The van der Waals surface area contributed by atoms with Crippen LogP contribution >= 0.6 is 14.3 Å². The molecular formula is C27H34O3P2. The molecule has 0 bridgehead atoms. The maximum atomic E-state index is 15.5. The fourth-order valence-corrected chi connectivity index (χ4v) is 15.0. The molecule has 3 aromatic rings. The first-order valence-corrected chi connectivity index (χ1v) is 14.3. The van der Waals surface area contributed by atoms with E-state index < -0.39 is 29.7 Å². The van der Waals surface area contributed by atoms with Crippen molar-refractivity contribution in [3.63, 3.8) is 0 Å². The van der Waals surface area contributed by atoms with Crippen LogP contribution in [0.2, 0.25) is 0 Å². The lowest BCUT2D eigenvalue weighted by molar-refractivity contribution is 0.197. The second-order valence-corrected chi connectivity index (χ2v) is 18.0. The Morgan fingerprint density at radius 2 is 0.812 bits per heavy atom. The fourth-order valence-electron chi connectivity index (χ4n) is 4.57. The zero-order valence-electron chi connectivity index (χ0n) is 19.8. The molecule has 0 aromatic heterocycles. The van der Waals surface area contributed by atoms with Gasteiger partial charge in [0.25, 0.3) is 0 Å². The third-order valence-electron chi connectivity index (χ3n) is 6.17. The van der Waals surface area contributed by atoms with E-state index in [0.29, 0.717) is 16.2 Å². The molecule has 5 heteroatoms. The van der Waals surface area contributed by atoms with Crippen LogP contribution in [0.15, 0.2) is 91.0 Å². The Labute approximate surface area is 192 Å². The lowest BCUT2D eigenvalue weighted by Gasteiger charge is -2.51. The van der Waals surface area contributed by atoms with Crippen molar-refractivity contribution in [3.05, 3.63) is 96.6 Å². The average molecular weight is 469 g/mol. The van der Waals surface area contributed by atoms with Gasteiger partial charge in [-0.3, -0.25) is 0 Å². The van der Waals surface area contributed by atoms with E-state index in [1.165, 1.54) is 0 Å². The summed E-state index contributed by atoms with van der Waals surface area (Å²) in [4.78, 5) is 0. The van der Waals surface area contributed by atoms with Crippen LogP contribution < -0.4 is 10.6 Å². The highest BCUT2D eigenvalue weighted by Gasteiger charge is 2.68. The molecule has 32 heavy (non-hydrogen) atoms. The summed E-state index contributed by atoms with van der Waals surface area (Å²) < 4.78 is 31.0. The van der Waals surface area contributed by atoms with E-state index in [1.807, 2.05) is 84.0 Å². The quantitative estimate of drug-likeness (QED) is 0.421. The molecule has 170 valence electrons. The predicted molar refractivity (Wildman–Crippen MR) is 137 cm³/mol. The molecule has 0 aliphatic carbocycles. The molecule has 3 nitrogen and oxygen atoms in total. The van der Waals surface area contributed by atoms with Crippen LogP contribution in [0.25, 0.3) is 0 Å². The van der Waals surface area contributed by atoms with Crippen LogP contribution in [0, 0.1) is 0 Å². The molecule has 3 aromatic carbocycles. The molecule has 1 N–H and O–H groups in total. The highest BCUT2D eigenvalue weighted by Crippen LogP contribution is 2.85. The Bertz CT molecular complexity index is 1070. The van der Waals surface area contributed by atoms with Crippen molar-refractivity contribution >= 4 is 24.9 Å². The van der Waals surface area contributed by atoms with Gasteiger partial charge in [0, 0.05) is 20.9 Å². The molecule has 2 atom stereocenters. The first-order valence-electron chi connectivity index (χ1n) is 10.9. The molecule has 0 aliphatic heterocycles. The van der Waals surface area contributed by atoms with Crippen molar-refractivity contribution in [1.29, 1.82) is 0 Å². The minimum Gasteiger partial charge on any atom is -0.371 e. The van der Waals surface area contributed by atoms with E-state index in [2.05, 4.69) is 0 Å². The van der Waals surface area contributed by atoms with Gasteiger partial charge in [-0.15, -0.1) is 0 Å². The van der Waals surface area contributed by atoms with Crippen molar-refractivity contribution in [2.75, 3.05) is 0 Å². The van der Waals surface area contributed by atoms with Gasteiger partial charge in [-0.05, 0) is 5.56 Å². The monoisotopic (exact) mass is 468 g/mol. The minimum atomic E-state index is -3.79. The smallest absolute Gasteiger partial charge is 0.204 e. The highest BCUT2D eigenvalue weighted by atomic mass is 31.2. The van der Waals surface area contributed by atoms with Crippen LogP contribution in [0.5, 0.6) is 0 Å². The van der Waals surface area contributed by atoms with Gasteiger partial charge in [0.2, 0.25) is 5.08 Å². The first kappa shape index (κ1) is 24.7. The Balaban J connectivity index is 2.59. The van der Waals surface area contributed by atoms with Crippen LogP contribution in [-0.2, 0) is 14.2 Å². The summed E-state index contributed by atoms with van der Waals surface area (Å²) in [6, 6.07) is 27.1. The van der Waals surface area contributed by atoms with Gasteiger partial charge in [0.05, 0.1) is 0 Å². The van der Waals surface area contributed by atoms with Gasteiger partial charge in [0.1, 0.15) is 0 Å². The Kier molecular flexibility index (Phi) is 6.53. The molecule has 0 saturated carbocycles. The van der Waals surface area contributed by atoms with E-state index in [4.69, 9.17) is 0 Å². The van der Waals surface area contributed by atoms with Gasteiger partial charge in [-0.2, -0.15) is 0 Å². The minimum absolute atomic E-state index is 0.421. The maximum Gasteiger partial charge on any atom is 0.204 e. The molecule has 0 heterocycles. The van der Waals surface area contributed by atoms with E-state index >= 15 is 9.13 Å². The van der Waals surface area contributed by atoms with E-state index in [1.54, 1.807) is 48.5 Å². The van der Waals surface area contributed by atoms with Crippen LogP contribution in [0.1, 0.15) is 47.1 Å². The number of hydrogen-bond acceptors (Lipinski definition) is 3. The maximum absolute atomic E-state index is 15.5. The normalized spacial score (nSPS) is 18.2. The summed E-state index contributed by atoms with van der Waals surface area (Å²) in [6.45, 7) is 11.2. The Hall–Kier alpha value is -1.92. The summed E-state index contributed by atoms with van der Waals surface area (Å²) in [5.41, 5.74) is 0.421. The van der Waals surface area contributed by atoms with Crippen LogP contribution in [0.3, 0.4) is 0 Å². The van der Waals surface area contributed by atoms with E-state index in [-0.39, 0.29) is 0 Å². The van der Waals surface area contributed by atoms with Crippen molar-refractivity contribution < 1.29 is 14.2 Å². The van der Waals surface area contributed by atoms with E-state index in [0.717, 1.165) is 0 Å². The van der Waals surface area contributed by atoms with Gasteiger partial charge in [-0.25, -0.2) is 0 Å². The van der Waals surface area contributed by atoms with Crippen molar-refractivity contribution in [2.45, 2.75) is 56.9 Å². The molecule has 0 fully saturated rings. The summed E-state index contributed by atoms with van der Waals surface area (Å²) >= 11 is 0. The van der Waals surface area contributed by atoms with Gasteiger partial charge in [0.15, 0.2) is 14.3 Å². The molecule has 0 saturated heterocycles. The zero-order chi connectivity index (χ0) is 23.8. The summed E-state index contributed by atoms with van der Waals surface area (Å²) in [7, 11) is -7.58. The second-order valence-electron chi connectivity index (χ2n) is 10.2. The second kappa shape index (κ2) is 8.45. The first-order chi connectivity index (χ1) is 14.8. The summed E-state index contributed by atoms with van der Waals surface area (Å²) in [6.07, 6.45) is 0. The molecular weight excluding hydrogens is 434 g/mol. The van der Waals surface area contributed by atoms with Crippen molar-refractivity contribution in [1.82, 2.24) is 0 Å². The SMILES string of the molecule is CC(C)(C)[P@@](=O)(c1ccccc1)C(O)(c1ccccc1)[P@](=O)(c1ccccc1)C(C)(C)C. The zero-order valence-corrected chi connectivity index (χ0v) is 21.6. The Morgan fingerprint density at radius 1 is 0.531 bits per heavy atom. The topological polar surface area (TPSA) is 54.4 Å². The molecule has 0 aliphatic rings. The number of aliphatic hydroxyl groups is 1. The highest BCUT2D eigenvalue weighted by molar-refractivity contribution is 7.90. The van der Waals surface area contributed by atoms with Crippen LogP contribution in [0.4, 0.5) is 0 Å². The lowest BCUT2D eigenvalue weighted by atomic mass is 10.2. The molecule has 0 amide bonds. The average Bonchev–Trinajstić information content (AvgIpc) is 2.77. The van der Waals surface area contributed by atoms with Gasteiger partial charge < -0.3 is 14.2 Å². The summed E-state index contributed by atoms with van der Waals surface area (Å²) in [5, 5.41) is 10.2. The van der Waals surface area contributed by atoms with Gasteiger partial charge >= 0.3 is 0 Å². The van der Waals surface area contributed by atoms with Crippen LogP contribution in [-0.4, -0.2) is 15.4 Å². The molecule has 0 spiro atoms. The summed E-state index contributed by atoms with van der Waals surface area (Å²) in [5.74, 6) is 0. The molecule has 3 rings (SSSR count). The molecule has 0 radical (unpaired) electrons. The third-order valence-corrected chi connectivity index (χ3v) is 16.0.